The van der Waals surface area contributed by atoms with Crippen LogP contribution in [0.25, 0.3) is 0 Å². The van der Waals surface area contributed by atoms with Crippen molar-refractivity contribution in [2.24, 2.45) is 5.92 Å². The smallest absolute Gasteiger partial charge is 0.221 e. The van der Waals surface area contributed by atoms with Crippen LogP contribution < -0.4 is 10.6 Å². The molecule has 0 bridgehead atoms. The molecule has 2 unspecified atom stereocenters. The van der Waals surface area contributed by atoms with Gasteiger partial charge in [-0.15, -0.1) is 24.8 Å². The summed E-state index contributed by atoms with van der Waals surface area (Å²) in [5.41, 5.74) is 0.983. The molecule has 0 spiro atoms. The Morgan fingerprint density at radius 2 is 1.96 bits per heavy atom. The van der Waals surface area contributed by atoms with E-state index in [9.17, 15) is 9.90 Å². The van der Waals surface area contributed by atoms with Crippen molar-refractivity contribution in [2.45, 2.75) is 31.4 Å². The largest absolute Gasteiger partial charge is 0.387 e. The molecule has 2 saturated heterocycles. The van der Waals surface area contributed by atoms with Crippen LogP contribution >= 0.6 is 36.6 Å². The number of rotatable bonds is 7. The quantitative estimate of drug-likeness (QED) is 0.596. The number of halogens is 2. The molecule has 8 heteroatoms. The van der Waals surface area contributed by atoms with Gasteiger partial charge < -0.3 is 20.6 Å². The summed E-state index contributed by atoms with van der Waals surface area (Å²) >= 11 is 1.93. The van der Waals surface area contributed by atoms with Gasteiger partial charge in [0.2, 0.25) is 5.91 Å². The molecular weight excluding hydrogens is 417 g/mol. The maximum absolute atomic E-state index is 12.1. The molecule has 0 saturated carbocycles. The van der Waals surface area contributed by atoms with Crippen LogP contribution in [0.4, 0.5) is 0 Å². The van der Waals surface area contributed by atoms with Crippen LogP contribution in [-0.2, 0) is 4.79 Å². The molecule has 3 rings (SSSR count). The third-order valence-electron chi connectivity index (χ3n) is 5.34. The van der Waals surface area contributed by atoms with Crippen LogP contribution in [-0.4, -0.2) is 66.2 Å². The number of hydrogen-bond acceptors (Lipinski definition) is 5. The number of likely N-dealkylation sites (tertiary alicyclic amines) is 1. The second-order valence-electron chi connectivity index (χ2n) is 7.40. The molecule has 0 aromatic heterocycles. The number of piperidine rings is 1. The van der Waals surface area contributed by atoms with Crippen molar-refractivity contribution >= 4 is 42.5 Å². The van der Waals surface area contributed by atoms with Crippen LogP contribution in [0.3, 0.4) is 0 Å². The topological polar surface area (TPSA) is 64.6 Å². The first-order chi connectivity index (χ1) is 12.7. The van der Waals surface area contributed by atoms with Crippen molar-refractivity contribution in [1.29, 1.82) is 0 Å². The van der Waals surface area contributed by atoms with Crippen molar-refractivity contribution < 1.29 is 9.90 Å². The number of thioether (sulfide) groups is 1. The molecule has 1 aromatic carbocycles. The van der Waals surface area contributed by atoms with Gasteiger partial charge in [0.25, 0.3) is 0 Å². The van der Waals surface area contributed by atoms with Crippen LogP contribution in [0, 0.1) is 5.92 Å². The average molecular weight is 450 g/mol. The van der Waals surface area contributed by atoms with E-state index >= 15 is 0 Å². The van der Waals surface area contributed by atoms with E-state index in [-0.39, 0.29) is 30.7 Å². The average Bonchev–Trinajstić information content (AvgIpc) is 2.69. The Kier molecular flexibility index (Phi) is 12.5. The fourth-order valence-corrected chi connectivity index (χ4v) is 4.65. The summed E-state index contributed by atoms with van der Waals surface area (Å²) in [6, 6.07) is 10.2. The van der Waals surface area contributed by atoms with Gasteiger partial charge in [-0.3, -0.25) is 4.79 Å². The summed E-state index contributed by atoms with van der Waals surface area (Å²) in [4.78, 5) is 14.4. The molecule has 2 aliphatic heterocycles. The highest BCUT2D eigenvalue weighted by atomic mass is 35.5. The van der Waals surface area contributed by atoms with E-state index < -0.39 is 6.10 Å². The van der Waals surface area contributed by atoms with Crippen molar-refractivity contribution in [3.63, 3.8) is 0 Å². The summed E-state index contributed by atoms with van der Waals surface area (Å²) in [7, 11) is 0. The zero-order valence-corrected chi connectivity index (χ0v) is 18.7. The van der Waals surface area contributed by atoms with Crippen LogP contribution in [0.2, 0.25) is 0 Å². The predicted molar refractivity (Wildman–Crippen MR) is 122 cm³/mol. The highest BCUT2D eigenvalue weighted by molar-refractivity contribution is 7.99. The number of carbonyl (C=O) groups excluding carboxylic acids is 1. The summed E-state index contributed by atoms with van der Waals surface area (Å²) in [6.45, 7) is 4.47. The number of benzene rings is 1. The van der Waals surface area contributed by atoms with Gasteiger partial charge in [0.15, 0.2) is 0 Å². The van der Waals surface area contributed by atoms with Gasteiger partial charge in [0.05, 0.1) is 6.10 Å². The van der Waals surface area contributed by atoms with Gasteiger partial charge in [-0.25, -0.2) is 0 Å². The number of nitrogens with one attached hydrogen (secondary N) is 2. The summed E-state index contributed by atoms with van der Waals surface area (Å²) in [5, 5.41) is 16.9. The monoisotopic (exact) mass is 449 g/mol. The van der Waals surface area contributed by atoms with Crippen LogP contribution in [0.5, 0.6) is 0 Å². The first-order valence-electron chi connectivity index (χ1n) is 9.74. The third-order valence-corrected chi connectivity index (χ3v) is 6.47. The van der Waals surface area contributed by atoms with Gasteiger partial charge in [0.1, 0.15) is 0 Å². The minimum Gasteiger partial charge on any atom is -0.387 e. The summed E-state index contributed by atoms with van der Waals surface area (Å²) < 4.78 is 0. The fraction of sp³-hybridized carbons (Fsp3) is 0.650. The van der Waals surface area contributed by atoms with Crippen molar-refractivity contribution in [3.05, 3.63) is 35.9 Å². The minimum atomic E-state index is -0.423. The second kappa shape index (κ2) is 13.7. The lowest BCUT2D eigenvalue weighted by Crippen LogP contribution is -2.43. The molecule has 2 heterocycles. The van der Waals surface area contributed by atoms with E-state index in [2.05, 4.69) is 15.5 Å². The standard InChI is InChI=1S/C20H31N3O2S.2ClH/c24-19(17-4-2-1-3-5-17)14-23-9-6-16(7-10-23)13-22-20(25)12-18-15-26-11-8-21-18;;/h1-5,16,18-19,21,24H,6-15H2,(H,22,25);2*1H. The van der Waals surface area contributed by atoms with E-state index in [1.165, 1.54) is 0 Å². The number of β-amino-alcohol motifs (C(OH)–C–C–N with tert-alkyl or cyclic N) is 1. The molecule has 1 amide bonds. The first-order valence-corrected chi connectivity index (χ1v) is 10.9. The molecule has 5 nitrogen and oxygen atoms in total. The van der Waals surface area contributed by atoms with Gasteiger partial charge >= 0.3 is 0 Å². The normalized spacial score (nSPS) is 21.8. The maximum atomic E-state index is 12.1. The van der Waals surface area contributed by atoms with E-state index in [1.54, 1.807) is 0 Å². The summed E-state index contributed by atoms with van der Waals surface area (Å²) in [6.07, 6.45) is 2.33. The predicted octanol–water partition coefficient (Wildman–Crippen LogP) is 2.49. The Balaban J connectivity index is 0.00000196. The number of carbonyl (C=O) groups is 1. The SMILES string of the molecule is Cl.Cl.O=C(CC1CSCCN1)NCC1CCN(CC(O)c2ccccc2)CC1. The molecule has 1 aromatic rings. The van der Waals surface area contributed by atoms with Gasteiger partial charge in [0, 0.05) is 43.6 Å². The first kappa shape index (κ1) is 25.5. The van der Waals surface area contributed by atoms with E-state index in [1.807, 2.05) is 42.1 Å². The van der Waals surface area contributed by atoms with Crippen LogP contribution in [0.15, 0.2) is 30.3 Å². The maximum Gasteiger partial charge on any atom is 0.221 e. The van der Waals surface area contributed by atoms with E-state index in [0.717, 1.165) is 56.1 Å². The molecular formula is C20H33Cl2N3O2S. The van der Waals surface area contributed by atoms with Crippen molar-refractivity contribution in [1.82, 2.24) is 15.5 Å². The Morgan fingerprint density at radius 3 is 2.61 bits per heavy atom. The number of nitrogens with zero attached hydrogens (tertiary/aromatic N) is 1. The lowest BCUT2D eigenvalue weighted by Gasteiger charge is -2.33. The zero-order valence-electron chi connectivity index (χ0n) is 16.2. The van der Waals surface area contributed by atoms with Crippen molar-refractivity contribution in [3.8, 4) is 0 Å². The molecule has 0 aliphatic carbocycles. The second-order valence-corrected chi connectivity index (χ2v) is 8.55. The van der Waals surface area contributed by atoms with Gasteiger partial charge in [-0.05, 0) is 37.4 Å². The molecule has 2 atom stereocenters. The Bertz CT molecular complexity index is 554. The summed E-state index contributed by atoms with van der Waals surface area (Å²) in [5.74, 6) is 2.91. The highest BCUT2D eigenvalue weighted by Gasteiger charge is 2.22. The Hall–Kier alpha value is -0.500. The molecule has 0 radical (unpaired) electrons. The third kappa shape index (κ3) is 8.47. The highest BCUT2D eigenvalue weighted by Crippen LogP contribution is 2.20. The van der Waals surface area contributed by atoms with E-state index in [0.29, 0.717) is 24.9 Å². The zero-order chi connectivity index (χ0) is 18.2. The minimum absolute atomic E-state index is 0. The molecule has 2 fully saturated rings. The fourth-order valence-electron chi connectivity index (χ4n) is 3.70. The number of amides is 1. The van der Waals surface area contributed by atoms with Gasteiger partial charge in [-0.1, -0.05) is 30.3 Å². The lowest BCUT2D eigenvalue weighted by molar-refractivity contribution is -0.121. The number of aliphatic hydroxyl groups is 1. The van der Waals surface area contributed by atoms with Crippen molar-refractivity contribution in [2.75, 3.05) is 44.2 Å². The van der Waals surface area contributed by atoms with Gasteiger partial charge in [-0.2, -0.15) is 11.8 Å². The van der Waals surface area contributed by atoms with E-state index in [4.69, 9.17) is 0 Å². The molecule has 28 heavy (non-hydrogen) atoms. The lowest BCUT2D eigenvalue weighted by atomic mass is 9.96. The molecule has 3 N–H and O–H groups in total. The Morgan fingerprint density at radius 1 is 1.25 bits per heavy atom. The molecule has 2 aliphatic rings. The van der Waals surface area contributed by atoms with Crippen LogP contribution in [0.1, 0.15) is 30.9 Å². The molecule has 160 valence electrons. The number of hydrogen-bond donors (Lipinski definition) is 3. The number of aliphatic hydroxyl groups excluding tert-OH is 1. The Labute approximate surface area is 185 Å².